The van der Waals surface area contributed by atoms with Gasteiger partial charge in [0.15, 0.2) is 0 Å². The van der Waals surface area contributed by atoms with Crippen molar-refractivity contribution >= 4 is 11.0 Å². The summed E-state index contributed by atoms with van der Waals surface area (Å²) in [7, 11) is 3.65. The normalized spacial score (nSPS) is 10.7. The van der Waals surface area contributed by atoms with Crippen LogP contribution >= 0.6 is 0 Å². The zero-order valence-electron chi connectivity index (χ0n) is 11.5. The number of aryl methyl sites for hydroxylation is 1. The number of benzene rings is 2. The van der Waals surface area contributed by atoms with Crippen molar-refractivity contribution in [2.75, 3.05) is 7.11 Å². The first-order chi connectivity index (χ1) is 9.78. The van der Waals surface area contributed by atoms with Crippen LogP contribution in [0.2, 0.25) is 0 Å². The molecule has 3 aromatic rings. The lowest BCUT2D eigenvalue weighted by Crippen LogP contribution is -2.03. The Balaban J connectivity index is 1.77. The molecule has 2 aromatic carbocycles. The number of hydrogen-bond acceptors (Lipinski definition) is 3. The quantitative estimate of drug-likeness (QED) is 0.729. The molecule has 0 atom stereocenters. The molecule has 0 aliphatic carbocycles. The summed E-state index contributed by atoms with van der Waals surface area (Å²) in [6, 6.07) is 15.6. The van der Waals surface area contributed by atoms with Crippen LogP contribution in [0.1, 0.15) is 5.82 Å². The first-order valence-electron chi connectivity index (χ1n) is 6.45. The maximum atomic E-state index is 5.76. The van der Waals surface area contributed by atoms with Crippen LogP contribution in [-0.4, -0.2) is 16.7 Å². The molecule has 0 amide bonds. The second-order valence-electron chi connectivity index (χ2n) is 4.54. The SMILES string of the molecule is COc1ccc(OCc2nc3ccccc3n2C)cc1. The number of ether oxygens (including phenoxy) is 2. The van der Waals surface area contributed by atoms with Gasteiger partial charge in [-0.2, -0.15) is 0 Å². The third-order valence-corrected chi connectivity index (χ3v) is 3.31. The maximum Gasteiger partial charge on any atom is 0.147 e. The van der Waals surface area contributed by atoms with Gasteiger partial charge < -0.3 is 14.0 Å². The number of fused-ring (bicyclic) bond motifs is 1. The first kappa shape index (κ1) is 12.5. The Hall–Kier alpha value is -2.49. The third-order valence-electron chi connectivity index (χ3n) is 3.31. The maximum absolute atomic E-state index is 5.76. The van der Waals surface area contributed by atoms with E-state index >= 15 is 0 Å². The van der Waals surface area contributed by atoms with Crippen molar-refractivity contribution in [1.82, 2.24) is 9.55 Å². The average Bonchev–Trinajstić information content (AvgIpc) is 2.83. The van der Waals surface area contributed by atoms with Crippen LogP contribution in [0.4, 0.5) is 0 Å². The fraction of sp³-hybridized carbons (Fsp3) is 0.188. The highest BCUT2D eigenvalue weighted by Crippen LogP contribution is 2.19. The largest absolute Gasteiger partial charge is 0.497 e. The highest BCUT2D eigenvalue weighted by atomic mass is 16.5. The van der Waals surface area contributed by atoms with Gasteiger partial charge in [-0.25, -0.2) is 4.98 Å². The van der Waals surface area contributed by atoms with Gasteiger partial charge in [-0.15, -0.1) is 0 Å². The van der Waals surface area contributed by atoms with Crippen molar-refractivity contribution in [3.63, 3.8) is 0 Å². The van der Waals surface area contributed by atoms with E-state index < -0.39 is 0 Å². The number of methoxy groups -OCH3 is 1. The minimum atomic E-state index is 0.442. The molecule has 3 rings (SSSR count). The summed E-state index contributed by atoms with van der Waals surface area (Å²) in [4.78, 5) is 4.57. The van der Waals surface area contributed by atoms with E-state index in [2.05, 4.69) is 15.6 Å². The predicted molar refractivity (Wildman–Crippen MR) is 78.0 cm³/mol. The second kappa shape index (κ2) is 5.25. The zero-order valence-corrected chi connectivity index (χ0v) is 11.5. The molecule has 1 aromatic heterocycles. The van der Waals surface area contributed by atoms with Crippen molar-refractivity contribution in [3.05, 3.63) is 54.4 Å². The summed E-state index contributed by atoms with van der Waals surface area (Å²) in [6.45, 7) is 0.442. The van der Waals surface area contributed by atoms with Gasteiger partial charge in [0.05, 0.1) is 18.1 Å². The van der Waals surface area contributed by atoms with Gasteiger partial charge in [0.25, 0.3) is 0 Å². The molecule has 0 radical (unpaired) electrons. The van der Waals surface area contributed by atoms with Crippen LogP contribution in [0.5, 0.6) is 11.5 Å². The summed E-state index contributed by atoms with van der Waals surface area (Å²) in [6.07, 6.45) is 0. The van der Waals surface area contributed by atoms with Gasteiger partial charge in [0.2, 0.25) is 0 Å². The first-order valence-corrected chi connectivity index (χ1v) is 6.45. The Labute approximate surface area is 117 Å². The Morgan fingerprint density at radius 1 is 1.00 bits per heavy atom. The molecule has 0 unspecified atom stereocenters. The number of rotatable bonds is 4. The van der Waals surface area contributed by atoms with Crippen molar-refractivity contribution in [2.24, 2.45) is 7.05 Å². The van der Waals surface area contributed by atoms with E-state index in [4.69, 9.17) is 9.47 Å². The second-order valence-corrected chi connectivity index (χ2v) is 4.54. The summed E-state index contributed by atoms with van der Waals surface area (Å²) in [5.41, 5.74) is 2.10. The van der Waals surface area contributed by atoms with Crippen LogP contribution in [0.25, 0.3) is 11.0 Å². The Bertz CT molecular complexity index is 717. The van der Waals surface area contributed by atoms with E-state index in [1.165, 1.54) is 0 Å². The van der Waals surface area contributed by atoms with Gasteiger partial charge in [-0.1, -0.05) is 12.1 Å². The molecule has 0 spiro atoms. The molecule has 0 N–H and O–H groups in total. The van der Waals surface area contributed by atoms with Crippen molar-refractivity contribution in [1.29, 1.82) is 0 Å². The molecule has 0 saturated carbocycles. The number of hydrogen-bond donors (Lipinski definition) is 0. The third kappa shape index (κ3) is 2.32. The van der Waals surface area contributed by atoms with Crippen molar-refractivity contribution < 1.29 is 9.47 Å². The molecule has 20 heavy (non-hydrogen) atoms. The summed E-state index contributed by atoms with van der Waals surface area (Å²) in [5.74, 6) is 2.53. The van der Waals surface area contributed by atoms with Gasteiger partial charge in [0, 0.05) is 7.05 Å². The zero-order chi connectivity index (χ0) is 13.9. The lowest BCUT2D eigenvalue weighted by Gasteiger charge is -2.07. The molecular formula is C16H16N2O2. The Morgan fingerprint density at radius 3 is 2.40 bits per heavy atom. The van der Waals surface area contributed by atoms with Gasteiger partial charge in [0.1, 0.15) is 23.9 Å². The van der Waals surface area contributed by atoms with E-state index in [0.29, 0.717) is 6.61 Å². The minimum Gasteiger partial charge on any atom is -0.497 e. The monoisotopic (exact) mass is 268 g/mol. The van der Waals surface area contributed by atoms with Crippen LogP contribution in [0, 0.1) is 0 Å². The van der Waals surface area contributed by atoms with E-state index in [1.807, 2.05) is 49.5 Å². The topological polar surface area (TPSA) is 36.3 Å². The van der Waals surface area contributed by atoms with Crippen molar-refractivity contribution in [3.8, 4) is 11.5 Å². The summed E-state index contributed by atoms with van der Waals surface area (Å²) < 4.78 is 12.9. The minimum absolute atomic E-state index is 0.442. The van der Waals surface area contributed by atoms with Gasteiger partial charge in [-0.3, -0.25) is 0 Å². The standard InChI is InChI=1S/C16H16N2O2/c1-18-15-6-4-3-5-14(15)17-16(18)11-20-13-9-7-12(19-2)8-10-13/h3-10H,11H2,1-2H3. The lowest BCUT2D eigenvalue weighted by molar-refractivity contribution is 0.292. The Morgan fingerprint density at radius 2 is 1.70 bits per heavy atom. The summed E-state index contributed by atoms with van der Waals surface area (Å²) in [5, 5.41) is 0. The van der Waals surface area contributed by atoms with Crippen LogP contribution in [-0.2, 0) is 13.7 Å². The smallest absolute Gasteiger partial charge is 0.147 e. The van der Waals surface area contributed by atoms with E-state index in [0.717, 1.165) is 28.4 Å². The highest BCUT2D eigenvalue weighted by Gasteiger charge is 2.07. The Kier molecular flexibility index (Phi) is 3.29. The van der Waals surface area contributed by atoms with Gasteiger partial charge in [-0.05, 0) is 36.4 Å². The molecular weight excluding hydrogens is 252 g/mol. The van der Waals surface area contributed by atoms with Crippen LogP contribution in [0.15, 0.2) is 48.5 Å². The molecule has 102 valence electrons. The average molecular weight is 268 g/mol. The summed E-state index contributed by atoms with van der Waals surface area (Å²) >= 11 is 0. The molecule has 0 fully saturated rings. The molecule has 0 aliphatic rings. The lowest BCUT2D eigenvalue weighted by atomic mass is 10.3. The molecule has 4 nitrogen and oxygen atoms in total. The molecule has 4 heteroatoms. The van der Waals surface area contributed by atoms with E-state index in [-0.39, 0.29) is 0 Å². The fourth-order valence-corrected chi connectivity index (χ4v) is 2.14. The number of nitrogens with zero attached hydrogens (tertiary/aromatic N) is 2. The highest BCUT2D eigenvalue weighted by molar-refractivity contribution is 5.75. The molecule has 1 heterocycles. The van der Waals surface area contributed by atoms with Crippen LogP contribution in [0.3, 0.4) is 0 Å². The van der Waals surface area contributed by atoms with Gasteiger partial charge >= 0.3 is 0 Å². The van der Waals surface area contributed by atoms with E-state index in [9.17, 15) is 0 Å². The predicted octanol–water partition coefficient (Wildman–Crippen LogP) is 3.16. The number of imidazole rings is 1. The molecule has 0 saturated heterocycles. The molecule has 0 aliphatic heterocycles. The van der Waals surface area contributed by atoms with E-state index in [1.54, 1.807) is 7.11 Å². The number of aromatic nitrogens is 2. The molecule has 0 bridgehead atoms. The fourth-order valence-electron chi connectivity index (χ4n) is 2.14. The van der Waals surface area contributed by atoms with Crippen LogP contribution < -0.4 is 9.47 Å². The van der Waals surface area contributed by atoms with Crippen molar-refractivity contribution in [2.45, 2.75) is 6.61 Å². The number of para-hydroxylation sites is 2.